The van der Waals surface area contributed by atoms with Gasteiger partial charge in [-0.2, -0.15) is 15.4 Å². The SMILES string of the molecule is CN(C)[P+](Oc1cccc2n[nH]nc12)(N(C)C)N(C)C.[Cl-]. The summed E-state index contributed by atoms with van der Waals surface area (Å²) in [4.78, 5) is 0. The van der Waals surface area contributed by atoms with E-state index < -0.39 is 7.94 Å². The van der Waals surface area contributed by atoms with E-state index in [1.807, 2.05) is 60.5 Å². The van der Waals surface area contributed by atoms with Gasteiger partial charge in [-0.15, -0.1) is 14.0 Å². The number of aromatic nitrogens is 3. The monoisotopic (exact) mass is 332 g/mol. The van der Waals surface area contributed by atoms with Crippen LogP contribution in [0.2, 0.25) is 0 Å². The number of nitrogens with one attached hydrogen (secondary N) is 1. The normalized spacial score (nSPS) is 12.2. The lowest BCUT2D eigenvalue weighted by Gasteiger charge is -2.36. The van der Waals surface area contributed by atoms with E-state index >= 15 is 0 Å². The topological polar surface area (TPSA) is 60.5 Å². The number of hydrogen-bond acceptors (Lipinski definition) is 6. The lowest BCUT2D eigenvalue weighted by Crippen LogP contribution is -3.00. The van der Waals surface area contributed by atoms with Gasteiger partial charge in [0.25, 0.3) is 0 Å². The molecule has 0 saturated heterocycles. The van der Waals surface area contributed by atoms with Crippen LogP contribution in [0.5, 0.6) is 5.75 Å². The number of nitrogens with zero attached hydrogens (tertiary/aromatic N) is 5. The van der Waals surface area contributed by atoms with Gasteiger partial charge in [-0.3, -0.25) is 4.52 Å². The molecule has 1 aromatic heterocycles. The van der Waals surface area contributed by atoms with Crippen molar-refractivity contribution in [1.29, 1.82) is 0 Å². The Bertz CT molecular complexity index is 566. The van der Waals surface area contributed by atoms with Crippen LogP contribution in [0.4, 0.5) is 0 Å². The first-order valence-corrected chi connectivity index (χ1v) is 7.87. The van der Waals surface area contributed by atoms with E-state index in [-0.39, 0.29) is 12.4 Å². The van der Waals surface area contributed by atoms with Crippen LogP contribution in [-0.4, -0.2) is 71.7 Å². The van der Waals surface area contributed by atoms with Gasteiger partial charge in [-0.1, -0.05) is 6.07 Å². The number of hydrogen-bond donors (Lipinski definition) is 1. The molecule has 0 atom stereocenters. The van der Waals surface area contributed by atoms with Crippen molar-refractivity contribution in [1.82, 2.24) is 29.4 Å². The maximum absolute atomic E-state index is 6.42. The minimum absolute atomic E-state index is 0. The molecule has 0 unspecified atom stereocenters. The molecule has 0 spiro atoms. The first-order valence-electron chi connectivity index (χ1n) is 6.31. The van der Waals surface area contributed by atoms with Crippen LogP contribution in [0, 0.1) is 0 Å². The summed E-state index contributed by atoms with van der Waals surface area (Å²) in [6.45, 7) is 0. The van der Waals surface area contributed by atoms with Crippen LogP contribution < -0.4 is 16.9 Å². The third-order valence-corrected chi connectivity index (χ3v) is 6.66. The molecule has 0 saturated carbocycles. The van der Waals surface area contributed by atoms with Crippen LogP contribution in [-0.2, 0) is 0 Å². The molecule has 1 heterocycles. The molecular formula is C12H22ClN6OP. The zero-order valence-electron chi connectivity index (χ0n) is 13.2. The number of halogens is 1. The summed E-state index contributed by atoms with van der Waals surface area (Å²) in [5.74, 6) is 0.737. The highest BCUT2D eigenvalue weighted by Gasteiger charge is 2.52. The molecule has 2 rings (SSSR count). The first-order chi connectivity index (χ1) is 9.39. The third kappa shape index (κ3) is 3.12. The Morgan fingerprint density at radius 3 is 2.05 bits per heavy atom. The Balaban J connectivity index is 0.00000220. The largest absolute Gasteiger partial charge is 1.00 e. The number of rotatable bonds is 5. The van der Waals surface area contributed by atoms with Gasteiger partial charge in [0.1, 0.15) is 5.52 Å². The molecule has 1 aromatic carbocycles. The zero-order valence-corrected chi connectivity index (χ0v) is 14.9. The molecule has 21 heavy (non-hydrogen) atoms. The highest BCUT2D eigenvalue weighted by molar-refractivity contribution is 7.64. The highest BCUT2D eigenvalue weighted by Crippen LogP contribution is 2.64. The maximum Gasteiger partial charge on any atom is 0.416 e. The fourth-order valence-electron chi connectivity index (χ4n) is 2.37. The van der Waals surface area contributed by atoms with Crippen molar-refractivity contribution >= 4 is 19.0 Å². The second-order valence-electron chi connectivity index (χ2n) is 5.09. The van der Waals surface area contributed by atoms with Gasteiger partial charge in [0.2, 0.25) is 5.75 Å². The molecule has 9 heteroatoms. The second kappa shape index (κ2) is 6.85. The molecule has 0 amide bonds. The number of benzene rings is 1. The van der Waals surface area contributed by atoms with Gasteiger partial charge in [0, 0.05) is 42.3 Å². The van der Waals surface area contributed by atoms with Crippen molar-refractivity contribution in [2.75, 3.05) is 42.3 Å². The molecule has 0 aliphatic heterocycles. The van der Waals surface area contributed by atoms with Crippen molar-refractivity contribution in [3.8, 4) is 5.75 Å². The Hall–Kier alpha value is -0.980. The van der Waals surface area contributed by atoms with Crippen LogP contribution in [0.15, 0.2) is 18.2 Å². The molecule has 2 aromatic rings. The number of para-hydroxylation sites is 1. The van der Waals surface area contributed by atoms with Crippen molar-refractivity contribution in [2.24, 2.45) is 0 Å². The van der Waals surface area contributed by atoms with Crippen LogP contribution in [0.25, 0.3) is 11.0 Å². The molecule has 1 N–H and O–H groups in total. The number of fused-ring (bicyclic) bond motifs is 1. The predicted molar refractivity (Wildman–Crippen MR) is 82.5 cm³/mol. The lowest BCUT2D eigenvalue weighted by atomic mass is 10.3. The predicted octanol–water partition coefficient (Wildman–Crippen LogP) is -1.30. The Morgan fingerprint density at radius 2 is 1.52 bits per heavy atom. The van der Waals surface area contributed by atoms with Crippen LogP contribution in [0.3, 0.4) is 0 Å². The van der Waals surface area contributed by atoms with Gasteiger partial charge >= 0.3 is 7.94 Å². The molecular weight excluding hydrogens is 311 g/mol. The second-order valence-corrected chi connectivity index (χ2v) is 8.70. The minimum atomic E-state index is -2.10. The van der Waals surface area contributed by atoms with Gasteiger partial charge < -0.3 is 12.4 Å². The van der Waals surface area contributed by atoms with E-state index in [2.05, 4.69) is 29.4 Å². The van der Waals surface area contributed by atoms with Crippen molar-refractivity contribution in [3.63, 3.8) is 0 Å². The number of H-pyrrole nitrogens is 1. The average Bonchev–Trinajstić information content (AvgIpc) is 2.83. The molecule has 0 fully saturated rings. The fraction of sp³-hybridized carbons (Fsp3) is 0.500. The molecule has 0 bridgehead atoms. The van der Waals surface area contributed by atoms with Crippen molar-refractivity contribution < 1.29 is 16.9 Å². The Kier molecular flexibility index (Phi) is 5.90. The van der Waals surface area contributed by atoms with E-state index in [0.29, 0.717) is 0 Å². The molecule has 0 radical (unpaired) electrons. The highest BCUT2D eigenvalue weighted by atomic mass is 35.5. The standard InChI is InChI=1S/C12H22N6OP.ClH/c1-16(2)20(17(3)4,18(5)6)19-11-9-7-8-10-12(11)14-15-13-10;/h7-9H,1-6H3,(H,13,14,15);1H/q+1;/p-1. The van der Waals surface area contributed by atoms with Crippen molar-refractivity contribution in [3.05, 3.63) is 18.2 Å². The maximum atomic E-state index is 6.42. The molecule has 7 nitrogen and oxygen atoms in total. The smallest absolute Gasteiger partial charge is 0.416 e. The number of aromatic amines is 1. The van der Waals surface area contributed by atoms with E-state index in [9.17, 15) is 0 Å². The van der Waals surface area contributed by atoms with Gasteiger partial charge in [0.05, 0.1) is 0 Å². The average molecular weight is 333 g/mol. The third-order valence-electron chi connectivity index (χ3n) is 3.09. The van der Waals surface area contributed by atoms with E-state index in [1.165, 1.54) is 0 Å². The summed E-state index contributed by atoms with van der Waals surface area (Å²) in [5.41, 5.74) is 1.55. The van der Waals surface area contributed by atoms with E-state index in [1.54, 1.807) is 0 Å². The summed E-state index contributed by atoms with van der Waals surface area (Å²) >= 11 is 0. The molecule has 0 aliphatic carbocycles. The summed E-state index contributed by atoms with van der Waals surface area (Å²) in [6, 6.07) is 5.76. The van der Waals surface area contributed by atoms with E-state index in [0.717, 1.165) is 16.8 Å². The summed E-state index contributed by atoms with van der Waals surface area (Å²) in [5, 5.41) is 10.9. The summed E-state index contributed by atoms with van der Waals surface area (Å²) in [6.07, 6.45) is 0. The quantitative estimate of drug-likeness (QED) is 0.687. The first kappa shape index (κ1) is 18.1. The van der Waals surface area contributed by atoms with Gasteiger partial charge in [-0.05, 0) is 12.1 Å². The summed E-state index contributed by atoms with van der Waals surface area (Å²) in [7, 11) is 10.1. The minimum Gasteiger partial charge on any atom is -1.00 e. The Labute approximate surface area is 132 Å². The lowest BCUT2D eigenvalue weighted by molar-refractivity contribution is -0.00000513. The molecule has 118 valence electrons. The van der Waals surface area contributed by atoms with E-state index in [4.69, 9.17) is 4.52 Å². The van der Waals surface area contributed by atoms with Crippen LogP contribution >= 0.6 is 7.94 Å². The molecule has 0 aliphatic rings. The fourth-order valence-corrected chi connectivity index (χ4v) is 5.41. The Morgan fingerprint density at radius 1 is 0.952 bits per heavy atom. The van der Waals surface area contributed by atoms with Crippen molar-refractivity contribution in [2.45, 2.75) is 0 Å². The van der Waals surface area contributed by atoms with Gasteiger partial charge in [0.15, 0.2) is 5.52 Å². The zero-order chi connectivity index (χ0) is 14.9. The summed E-state index contributed by atoms with van der Waals surface area (Å²) < 4.78 is 12.8. The van der Waals surface area contributed by atoms with Gasteiger partial charge in [-0.25, -0.2) is 0 Å². The van der Waals surface area contributed by atoms with Crippen LogP contribution in [0.1, 0.15) is 0 Å².